The van der Waals surface area contributed by atoms with E-state index in [4.69, 9.17) is 5.26 Å². The number of rotatable bonds is 1. The number of fused-ring (bicyclic) bond motifs is 3. The van der Waals surface area contributed by atoms with Crippen molar-refractivity contribution in [3.63, 3.8) is 0 Å². The molecule has 2 saturated heterocycles. The first-order chi connectivity index (χ1) is 10.4. The predicted molar refractivity (Wildman–Crippen MR) is 76.6 cm³/mol. The van der Waals surface area contributed by atoms with Crippen LogP contribution in [-0.2, 0) is 15.4 Å². The Balaban J connectivity index is 1.78. The Bertz CT molecular complexity index is 892. The number of sulfone groups is 1. The van der Waals surface area contributed by atoms with Crippen LogP contribution in [-0.4, -0.2) is 38.6 Å². The van der Waals surface area contributed by atoms with Gasteiger partial charge in [-0.15, -0.1) is 0 Å². The molecule has 1 N–H and O–H groups in total. The smallest absolute Gasteiger partial charge is 0.172 e. The van der Waals surface area contributed by atoms with Crippen LogP contribution in [0.4, 0.5) is 0 Å². The zero-order chi connectivity index (χ0) is 15.5. The molecular weight excluding hydrogens is 304 g/mol. The van der Waals surface area contributed by atoms with Crippen LogP contribution in [0.5, 0.6) is 0 Å². The number of aliphatic hydroxyl groups is 1. The largest absolute Gasteiger partial charge is 0.385 e. The first-order valence-electron chi connectivity index (χ1n) is 7.13. The molecule has 2 aliphatic rings. The molecule has 114 valence electrons. The lowest BCUT2D eigenvalue weighted by Gasteiger charge is -2.36. The Labute approximate surface area is 127 Å². The molecule has 2 unspecified atom stereocenters. The minimum Gasteiger partial charge on any atom is -0.385 e. The molecule has 0 spiro atoms. The van der Waals surface area contributed by atoms with Crippen LogP contribution in [0.15, 0.2) is 18.6 Å². The maximum atomic E-state index is 12.2. The van der Waals surface area contributed by atoms with Crippen molar-refractivity contribution in [1.29, 1.82) is 5.26 Å². The Morgan fingerprint density at radius 1 is 1.32 bits per heavy atom. The first-order valence-corrected chi connectivity index (χ1v) is 8.74. The SMILES string of the molecule is N#Cc1cnn2cc(C3(O)CC4CCC(C3)S4(=O)=O)cnc12. The molecule has 0 aromatic carbocycles. The summed E-state index contributed by atoms with van der Waals surface area (Å²) in [6, 6.07) is 2.01. The van der Waals surface area contributed by atoms with Gasteiger partial charge in [0.15, 0.2) is 15.5 Å². The second-order valence-corrected chi connectivity index (χ2v) is 8.64. The van der Waals surface area contributed by atoms with Crippen molar-refractivity contribution >= 4 is 15.5 Å². The molecule has 7 nitrogen and oxygen atoms in total. The molecule has 4 rings (SSSR count). The summed E-state index contributed by atoms with van der Waals surface area (Å²) in [5, 5.41) is 23.1. The molecule has 8 heteroatoms. The summed E-state index contributed by atoms with van der Waals surface area (Å²) < 4.78 is 25.8. The summed E-state index contributed by atoms with van der Waals surface area (Å²) in [7, 11) is -3.10. The Kier molecular flexibility index (Phi) is 2.65. The van der Waals surface area contributed by atoms with Crippen LogP contribution >= 0.6 is 0 Å². The van der Waals surface area contributed by atoms with Gasteiger partial charge in [-0.1, -0.05) is 0 Å². The monoisotopic (exact) mass is 318 g/mol. The molecule has 2 fully saturated rings. The van der Waals surface area contributed by atoms with Gasteiger partial charge in [0.2, 0.25) is 0 Å². The van der Waals surface area contributed by atoms with Crippen LogP contribution in [0.2, 0.25) is 0 Å². The Hall–Kier alpha value is -1.98. The van der Waals surface area contributed by atoms with E-state index in [0.717, 1.165) is 0 Å². The standard InChI is InChI=1S/C14H14N4O3S/c15-5-9-6-17-18-8-10(7-16-13(9)18)14(19)3-11-1-2-12(4-14)22(11,20)21/h6-8,11-12,19H,1-4H2. The number of hydrogen-bond acceptors (Lipinski definition) is 6. The van der Waals surface area contributed by atoms with Gasteiger partial charge >= 0.3 is 0 Å². The lowest BCUT2D eigenvalue weighted by Crippen LogP contribution is -2.43. The molecule has 22 heavy (non-hydrogen) atoms. The van der Waals surface area contributed by atoms with Gasteiger partial charge in [-0.3, -0.25) is 0 Å². The summed E-state index contributed by atoms with van der Waals surface area (Å²) >= 11 is 0. The van der Waals surface area contributed by atoms with E-state index in [1.54, 1.807) is 6.20 Å². The van der Waals surface area contributed by atoms with Crippen molar-refractivity contribution in [1.82, 2.24) is 14.6 Å². The minimum absolute atomic E-state index is 0.200. The molecule has 0 radical (unpaired) electrons. The van der Waals surface area contributed by atoms with Crippen molar-refractivity contribution in [3.05, 3.63) is 29.7 Å². The average Bonchev–Trinajstić information content (AvgIpc) is 2.94. The molecule has 2 bridgehead atoms. The van der Waals surface area contributed by atoms with E-state index >= 15 is 0 Å². The van der Waals surface area contributed by atoms with E-state index in [1.807, 2.05) is 6.07 Å². The molecule has 4 heterocycles. The number of nitrogens with zero attached hydrogens (tertiary/aromatic N) is 4. The van der Waals surface area contributed by atoms with Crippen molar-refractivity contribution in [2.45, 2.75) is 41.8 Å². The predicted octanol–water partition coefficient (Wildman–Crippen LogP) is 0.528. The molecular formula is C14H14N4O3S. The maximum Gasteiger partial charge on any atom is 0.172 e. The van der Waals surface area contributed by atoms with E-state index in [2.05, 4.69) is 10.1 Å². The van der Waals surface area contributed by atoms with Gasteiger partial charge in [-0.2, -0.15) is 10.4 Å². The maximum absolute atomic E-state index is 12.2. The molecule has 2 aliphatic heterocycles. The molecule has 0 amide bonds. The quantitative estimate of drug-likeness (QED) is 0.821. The summed E-state index contributed by atoms with van der Waals surface area (Å²) in [5.74, 6) is 0. The van der Waals surface area contributed by atoms with Crippen LogP contribution in [0.3, 0.4) is 0 Å². The van der Waals surface area contributed by atoms with Gasteiger partial charge < -0.3 is 5.11 Å². The molecule has 0 aliphatic carbocycles. The fourth-order valence-electron chi connectivity index (χ4n) is 3.68. The third kappa shape index (κ3) is 1.72. The topological polar surface area (TPSA) is 108 Å². The molecule has 2 aromatic rings. The fourth-order valence-corrected chi connectivity index (χ4v) is 6.16. The lowest BCUT2D eigenvalue weighted by molar-refractivity contribution is 0.0165. The van der Waals surface area contributed by atoms with Gasteiger partial charge in [-0.05, 0) is 25.7 Å². The zero-order valence-electron chi connectivity index (χ0n) is 11.7. The second kappa shape index (κ2) is 4.27. The second-order valence-electron chi connectivity index (χ2n) is 6.13. The Morgan fingerprint density at radius 2 is 2.00 bits per heavy atom. The van der Waals surface area contributed by atoms with E-state index in [0.29, 0.717) is 29.6 Å². The fraction of sp³-hybridized carbons (Fsp3) is 0.500. The molecule has 0 saturated carbocycles. The molecule has 2 aromatic heterocycles. The van der Waals surface area contributed by atoms with Crippen LogP contribution in [0.1, 0.15) is 36.8 Å². The zero-order valence-corrected chi connectivity index (χ0v) is 12.5. The van der Waals surface area contributed by atoms with Gasteiger partial charge in [-0.25, -0.2) is 17.9 Å². The van der Waals surface area contributed by atoms with Crippen molar-refractivity contribution in [2.75, 3.05) is 0 Å². The highest BCUT2D eigenvalue weighted by atomic mass is 32.2. The Morgan fingerprint density at radius 3 is 2.64 bits per heavy atom. The number of nitriles is 1. The highest BCUT2D eigenvalue weighted by Gasteiger charge is 2.53. The number of hydrogen-bond donors (Lipinski definition) is 1. The summed E-state index contributed by atoms with van der Waals surface area (Å²) in [6.07, 6.45) is 6.22. The van der Waals surface area contributed by atoms with Crippen LogP contribution < -0.4 is 0 Å². The van der Waals surface area contributed by atoms with Crippen LogP contribution in [0, 0.1) is 11.3 Å². The third-order valence-electron chi connectivity index (χ3n) is 4.88. The van der Waals surface area contributed by atoms with Gasteiger partial charge in [0.05, 0.1) is 22.3 Å². The van der Waals surface area contributed by atoms with Crippen molar-refractivity contribution in [3.8, 4) is 6.07 Å². The summed E-state index contributed by atoms with van der Waals surface area (Å²) in [6.45, 7) is 0. The minimum atomic E-state index is -3.10. The number of aromatic nitrogens is 3. The lowest BCUT2D eigenvalue weighted by atomic mass is 9.87. The van der Waals surface area contributed by atoms with Crippen LogP contribution in [0.25, 0.3) is 5.65 Å². The summed E-state index contributed by atoms with van der Waals surface area (Å²) in [5.41, 5.74) is 0.155. The third-order valence-corrected chi connectivity index (χ3v) is 7.55. The average molecular weight is 318 g/mol. The van der Waals surface area contributed by atoms with Crippen molar-refractivity contribution in [2.24, 2.45) is 0 Å². The highest BCUT2D eigenvalue weighted by molar-refractivity contribution is 7.93. The normalized spacial score (nSPS) is 32.9. The van der Waals surface area contributed by atoms with Gasteiger partial charge in [0.1, 0.15) is 11.6 Å². The van der Waals surface area contributed by atoms with E-state index < -0.39 is 25.9 Å². The first kappa shape index (κ1) is 13.7. The van der Waals surface area contributed by atoms with E-state index in [-0.39, 0.29) is 12.8 Å². The molecule has 2 atom stereocenters. The van der Waals surface area contributed by atoms with Crippen molar-refractivity contribution < 1.29 is 13.5 Å². The highest BCUT2D eigenvalue weighted by Crippen LogP contribution is 2.47. The van der Waals surface area contributed by atoms with E-state index in [1.165, 1.54) is 16.9 Å². The van der Waals surface area contributed by atoms with E-state index in [9.17, 15) is 13.5 Å². The summed E-state index contributed by atoms with van der Waals surface area (Å²) in [4.78, 5) is 4.21. The van der Waals surface area contributed by atoms with Gasteiger partial charge in [0, 0.05) is 18.0 Å². The van der Waals surface area contributed by atoms with Gasteiger partial charge in [0.25, 0.3) is 0 Å².